The van der Waals surface area contributed by atoms with Crippen LogP contribution in [-0.2, 0) is 34.1 Å². The maximum atomic E-state index is 14.1. The van der Waals surface area contributed by atoms with Crippen molar-refractivity contribution in [3.05, 3.63) is 47.0 Å². The monoisotopic (exact) mass is 660 g/mol. The summed E-state index contributed by atoms with van der Waals surface area (Å²) < 4.78 is 4.78. The first kappa shape index (κ1) is 40.8. The second-order valence-electron chi connectivity index (χ2n) is 13.7. The van der Waals surface area contributed by atoms with Gasteiger partial charge in [0.1, 0.15) is 12.1 Å². The van der Waals surface area contributed by atoms with E-state index in [1.54, 1.807) is 44.4 Å². The Hall–Kier alpha value is -4.26. The third-order valence-corrected chi connectivity index (χ3v) is 8.23. The summed E-state index contributed by atoms with van der Waals surface area (Å²) in [7, 11) is 4.53. The summed E-state index contributed by atoms with van der Waals surface area (Å²) in [4.78, 5) is 76.7. The van der Waals surface area contributed by atoms with Crippen molar-refractivity contribution in [1.29, 1.82) is 0 Å². The normalized spacial score (nSPS) is 14.8. The summed E-state index contributed by atoms with van der Waals surface area (Å²) >= 11 is 0. The smallest absolute Gasteiger partial charge is 0.337 e. The molecule has 0 saturated heterocycles. The van der Waals surface area contributed by atoms with E-state index >= 15 is 0 Å². The Morgan fingerprint density at radius 3 is 1.91 bits per heavy atom. The van der Waals surface area contributed by atoms with E-state index in [4.69, 9.17) is 9.84 Å². The van der Waals surface area contributed by atoms with Crippen LogP contribution in [0.2, 0.25) is 0 Å². The van der Waals surface area contributed by atoms with E-state index in [1.165, 1.54) is 18.9 Å². The fourth-order valence-corrected chi connectivity index (χ4v) is 5.25. The van der Waals surface area contributed by atoms with Crippen LogP contribution in [0.1, 0.15) is 84.2 Å². The Kier molecular flexibility index (Phi) is 14.8. The van der Waals surface area contributed by atoms with Gasteiger partial charge in [-0.1, -0.05) is 66.7 Å². The van der Waals surface area contributed by atoms with Gasteiger partial charge in [0.25, 0.3) is 0 Å². The molecule has 1 rings (SSSR count). The molecule has 262 valence electrons. The lowest BCUT2D eigenvalue weighted by atomic mass is 9.76. The zero-order chi connectivity index (χ0) is 36.4. The summed E-state index contributed by atoms with van der Waals surface area (Å²) in [5, 5.41) is 26.7. The van der Waals surface area contributed by atoms with Crippen molar-refractivity contribution in [3.8, 4) is 0 Å². The number of hydrogen-bond donors (Lipinski definition) is 5. The molecule has 0 spiro atoms. The van der Waals surface area contributed by atoms with Crippen LogP contribution in [-0.4, -0.2) is 96.1 Å². The van der Waals surface area contributed by atoms with Crippen LogP contribution >= 0.6 is 0 Å². The van der Waals surface area contributed by atoms with Crippen LogP contribution in [0.25, 0.3) is 0 Å². The molecule has 0 fully saturated rings. The third kappa shape index (κ3) is 11.2. The predicted octanol–water partition coefficient (Wildman–Crippen LogP) is 2.73. The lowest BCUT2D eigenvalue weighted by Gasteiger charge is -2.40. The highest BCUT2D eigenvalue weighted by atomic mass is 16.5. The molecule has 4 unspecified atom stereocenters. The van der Waals surface area contributed by atoms with Crippen molar-refractivity contribution in [1.82, 2.24) is 20.9 Å². The number of likely N-dealkylation sites (N-methyl/N-ethyl adjacent to an activating group) is 2. The van der Waals surface area contributed by atoms with Gasteiger partial charge in [-0.2, -0.15) is 0 Å². The van der Waals surface area contributed by atoms with E-state index in [1.807, 2.05) is 48.5 Å². The number of amides is 3. The predicted molar refractivity (Wildman–Crippen MR) is 177 cm³/mol. The fourth-order valence-electron chi connectivity index (χ4n) is 5.25. The molecule has 13 heteroatoms. The number of methoxy groups -OCH3 is 1. The minimum absolute atomic E-state index is 0.150. The number of carboxylic acids is 2. The number of ether oxygens (including phenoxy) is 1. The van der Waals surface area contributed by atoms with Crippen LogP contribution in [0.4, 0.5) is 0 Å². The molecule has 3 amide bonds. The Balaban J connectivity index is 3.31. The number of esters is 1. The molecule has 0 saturated carbocycles. The van der Waals surface area contributed by atoms with Crippen LogP contribution in [0.15, 0.2) is 35.9 Å². The largest absolute Gasteiger partial charge is 0.481 e. The maximum Gasteiger partial charge on any atom is 0.337 e. The average molecular weight is 661 g/mol. The van der Waals surface area contributed by atoms with Gasteiger partial charge in [-0.3, -0.25) is 19.2 Å². The van der Waals surface area contributed by atoms with Crippen molar-refractivity contribution in [2.75, 3.05) is 21.2 Å². The fraction of sp³-hybridized carbons (Fsp3) is 0.588. The summed E-state index contributed by atoms with van der Waals surface area (Å²) in [6, 6.07) is 3.03. The van der Waals surface area contributed by atoms with Crippen molar-refractivity contribution >= 4 is 35.6 Å². The van der Waals surface area contributed by atoms with Crippen molar-refractivity contribution in [2.24, 2.45) is 11.3 Å². The number of carbonyl (C=O) groups is 6. The number of nitrogens with zero attached hydrogens (tertiary/aromatic N) is 1. The van der Waals surface area contributed by atoms with Crippen molar-refractivity contribution < 1.29 is 43.7 Å². The van der Waals surface area contributed by atoms with E-state index in [0.717, 1.165) is 5.56 Å². The van der Waals surface area contributed by atoms with Crippen molar-refractivity contribution in [3.63, 3.8) is 0 Å². The summed E-state index contributed by atoms with van der Waals surface area (Å²) in [5.74, 6) is -4.70. The molecule has 13 nitrogen and oxygen atoms in total. The molecule has 47 heavy (non-hydrogen) atoms. The number of benzene rings is 1. The number of nitrogens with one attached hydrogen (secondary N) is 3. The van der Waals surface area contributed by atoms with E-state index in [-0.39, 0.29) is 17.9 Å². The molecule has 0 bridgehead atoms. The molecular weight excluding hydrogens is 608 g/mol. The standard InChI is InChI=1S/C34H52N4O9/c1-19(2)24(18-20(3)28(41)36-23(31(44)45)16-17-25(39)40)38(10)30(43)27(33(4,5)6)37-29(42)26(35-9)34(7,8)22-14-12-21(13-15-22)32(46)47-11/h12-15,18-19,23-24,26-27,35H,16-17H2,1-11H3,(H,36,41)(H,37,42)(H,39,40)(H,44,45)/b20-18+. The third-order valence-electron chi connectivity index (χ3n) is 8.23. The van der Waals surface area contributed by atoms with E-state index < -0.39 is 77.0 Å². The Bertz CT molecular complexity index is 1330. The molecule has 4 atom stereocenters. The highest BCUT2D eigenvalue weighted by molar-refractivity contribution is 5.96. The molecule has 0 aliphatic carbocycles. The first-order valence-corrected chi connectivity index (χ1v) is 15.5. The Labute approximate surface area is 277 Å². The van der Waals surface area contributed by atoms with Crippen LogP contribution in [0.3, 0.4) is 0 Å². The molecule has 1 aromatic rings. The molecule has 0 heterocycles. The number of aliphatic carboxylic acids is 2. The van der Waals surface area contributed by atoms with Gasteiger partial charge >= 0.3 is 17.9 Å². The molecule has 0 aliphatic heterocycles. The average Bonchev–Trinajstić information content (AvgIpc) is 2.98. The van der Waals surface area contributed by atoms with Gasteiger partial charge in [0, 0.05) is 24.5 Å². The molecule has 0 aliphatic rings. The first-order valence-electron chi connectivity index (χ1n) is 15.5. The summed E-state index contributed by atoms with van der Waals surface area (Å²) in [5.41, 5.74) is -0.182. The van der Waals surface area contributed by atoms with Gasteiger partial charge in [-0.25, -0.2) is 9.59 Å². The second kappa shape index (κ2) is 17.1. The topological polar surface area (TPSA) is 191 Å². The minimum Gasteiger partial charge on any atom is -0.481 e. The number of carboxylic acid groups (broad SMARTS) is 2. The van der Waals surface area contributed by atoms with Gasteiger partial charge in [0.2, 0.25) is 17.7 Å². The number of carbonyl (C=O) groups excluding carboxylic acids is 4. The van der Waals surface area contributed by atoms with Crippen LogP contribution in [0, 0.1) is 11.3 Å². The molecule has 0 radical (unpaired) electrons. The SMILES string of the molecule is CNC(C(=O)NC(C(=O)N(C)C(/C=C(\C)C(=O)NC(CCC(=O)O)C(=O)O)C(C)C)C(C)(C)C)C(C)(C)c1ccc(C(=O)OC)cc1. The first-order chi connectivity index (χ1) is 21.6. The highest BCUT2D eigenvalue weighted by Crippen LogP contribution is 2.29. The van der Waals surface area contributed by atoms with E-state index in [0.29, 0.717) is 5.56 Å². The number of rotatable bonds is 16. The van der Waals surface area contributed by atoms with Gasteiger partial charge in [-0.05, 0) is 49.4 Å². The van der Waals surface area contributed by atoms with E-state index in [2.05, 4.69) is 16.0 Å². The molecular formula is C34H52N4O9. The lowest BCUT2D eigenvalue weighted by molar-refractivity contribution is -0.142. The van der Waals surface area contributed by atoms with Gasteiger partial charge in [-0.15, -0.1) is 0 Å². The van der Waals surface area contributed by atoms with Crippen LogP contribution in [0.5, 0.6) is 0 Å². The summed E-state index contributed by atoms with van der Waals surface area (Å²) in [6.07, 6.45) is 0.845. The quantitative estimate of drug-likeness (QED) is 0.130. The molecule has 1 aromatic carbocycles. The lowest BCUT2D eigenvalue weighted by Crippen LogP contribution is -2.61. The van der Waals surface area contributed by atoms with Crippen LogP contribution < -0.4 is 16.0 Å². The zero-order valence-corrected chi connectivity index (χ0v) is 29.4. The van der Waals surface area contributed by atoms with Gasteiger partial charge in [0.05, 0.1) is 24.8 Å². The highest BCUT2D eigenvalue weighted by Gasteiger charge is 2.41. The second-order valence-corrected chi connectivity index (χ2v) is 13.7. The van der Waals surface area contributed by atoms with Crippen molar-refractivity contribution in [2.45, 2.75) is 97.8 Å². The minimum atomic E-state index is -1.39. The summed E-state index contributed by atoms with van der Waals surface area (Å²) in [6.45, 7) is 14.5. The van der Waals surface area contributed by atoms with Gasteiger partial charge < -0.3 is 35.8 Å². The Morgan fingerprint density at radius 1 is 0.936 bits per heavy atom. The molecule has 5 N–H and O–H groups in total. The van der Waals surface area contributed by atoms with Gasteiger partial charge in [0.15, 0.2) is 0 Å². The van der Waals surface area contributed by atoms with E-state index in [9.17, 15) is 33.9 Å². The molecule has 0 aromatic heterocycles. The Morgan fingerprint density at radius 2 is 1.49 bits per heavy atom. The zero-order valence-electron chi connectivity index (χ0n) is 29.4. The number of hydrogen-bond acceptors (Lipinski definition) is 8. The maximum absolute atomic E-state index is 14.1.